The van der Waals surface area contributed by atoms with E-state index in [0.717, 1.165) is 30.9 Å². The van der Waals surface area contributed by atoms with Crippen LogP contribution in [0.25, 0.3) is 0 Å². The van der Waals surface area contributed by atoms with E-state index in [1.54, 1.807) is 0 Å². The molecule has 0 spiro atoms. The molecule has 0 unspecified atom stereocenters. The van der Waals surface area contributed by atoms with Crippen LogP contribution >= 0.6 is 11.8 Å². The Morgan fingerprint density at radius 3 is 2.90 bits per heavy atom. The van der Waals surface area contributed by atoms with Crippen molar-refractivity contribution >= 4 is 11.8 Å². The van der Waals surface area contributed by atoms with Crippen molar-refractivity contribution in [2.45, 2.75) is 6.54 Å². The van der Waals surface area contributed by atoms with Crippen molar-refractivity contribution in [3.8, 4) is 11.8 Å². The highest BCUT2D eigenvalue weighted by Crippen LogP contribution is 2.17. The molecular formula is C15H21N3OS. The largest absolute Gasteiger partial charge is 0.478 e. The van der Waals surface area contributed by atoms with Gasteiger partial charge in [-0.15, -0.1) is 0 Å². The maximum Gasteiger partial charge on any atom is 0.174 e. The molecule has 4 nitrogen and oxygen atoms in total. The Morgan fingerprint density at radius 1 is 1.30 bits per heavy atom. The van der Waals surface area contributed by atoms with E-state index in [9.17, 15) is 0 Å². The fraction of sp³-hybridized carbons (Fsp3) is 0.533. The highest BCUT2D eigenvalue weighted by Gasteiger charge is 2.09. The first kappa shape index (κ1) is 15.2. The summed E-state index contributed by atoms with van der Waals surface area (Å²) < 4.78 is 5.42. The van der Waals surface area contributed by atoms with E-state index in [0.29, 0.717) is 0 Å². The average molecular weight is 291 g/mol. The van der Waals surface area contributed by atoms with Gasteiger partial charge in [0.25, 0.3) is 0 Å². The molecule has 1 fully saturated rings. The number of nitrogens with one attached hydrogen (secondary N) is 1. The molecule has 0 aliphatic carbocycles. The Hall–Kier alpha value is -1.22. The Morgan fingerprint density at radius 2 is 2.10 bits per heavy atom. The molecule has 0 atom stereocenters. The summed E-state index contributed by atoms with van der Waals surface area (Å²) in [5, 5.41) is 12.0. The van der Waals surface area contributed by atoms with Gasteiger partial charge in [-0.1, -0.05) is 18.2 Å². The minimum Gasteiger partial charge on any atom is -0.478 e. The van der Waals surface area contributed by atoms with E-state index >= 15 is 0 Å². The van der Waals surface area contributed by atoms with Crippen molar-refractivity contribution < 1.29 is 4.74 Å². The van der Waals surface area contributed by atoms with Crippen LogP contribution in [0.2, 0.25) is 0 Å². The Labute approximate surface area is 125 Å². The molecule has 1 heterocycles. The molecule has 1 aliphatic heterocycles. The van der Waals surface area contributed by atoms with Crippen LogP contribution in [0.1, 0.15) is 5.56 Å². The molecular weight excluding hydrogens is 270 g/mol. The topological polar surface area (TPSA) is 48.3 Å². The lowest BCUT2D eigenvalue weighted by molar-refractivity contribution is 0.300. The lowest BCUT2D eigenvalue weighted by Gasteiger charge is -2.26. The van der Waals surface area contributed by atoms with Gasteiger partial charge in [-0.2, -0.15) is 17.0 Å². The van der Waals surface area contributed by atoms with E-state index < -0.39 is 0 Å². The number of hydrogen-bond donors (Lipinski definition) is 1. The maximum absolute atomic E-state index is 8.58. The van der Waals surface area contributed by atoms with Crippen LogP contribution in [-0.4, -0.2) is 49.2 Å². The number of nitrogens with zero attached hydrogens (tertiary/aromatic N) is 2. The first-order valence-corrected chi connectivity index (χ1v) is 8.14. The summed E-state index contributed by atoms with van der Waals surface area (Å²) in [5.74, 6) is 3.31. The number of rotatable bonds is 7. The van der Waals surface area contributed by atoms with E-state index in [-0.39, 0.29) is 6.61 Å². The van der Waals surface area contributed by atoms with Crippen LogP contribution < -0.4 is 10.1 Å². The highest BCUT2D eigenvalue weighted by atomic mass is 32.2. The third-order valence-electron chi connectivity index (χ3n) is 3.29. The fourth-order valence-corrected chi connectivity index (χ4v) is 3.16. The summed E-state index contributed by atoms with van der Waals surface area (Å²) in [5.41, 5.74) is 1.11. The molecule has 0 aromatic heterocycles. The van der Waals surface area contributed by atoms with Crippen molar-refractivity contribution in [3.05, 3.63) is 29.8 Å². The van der Waals surface area contributed by atoms with E-state index in [1.165, 1.54) is 24.6 Å². The van der Waals surface area contributed by atoms with E-state index in [4.69, 9.17) is 10.00 Å². The second-order valence-electron chi connectivity index (χ2n) is 4.69. The molecule has 1 saturated heterocycles. The Bertz CT molecular complexity index is 441. The standard InChI is InChI=1S/C15H21N3OS/c16-5-10-19-15-4-2-1-3-14(15)13-17-6-7-18-8-11-20-12-9-18/h1-4,17H,6-13H2. The van der Waals surface area contributed by atoms with Crippen LogP contribution in [0.5, 0.6) is 5.75 Å². The average Bonchev–Trinajstić information content (AvgIpc) is 2.51. The van der Waals surface area contributed by atoms with Crippen molar-refractivity contribution in [1.29, 1.82) is 5.26 Å². The number of benzene rings is 1. The Kier molecular flexibility index (Phi) is 6.72. The lowest BCUT2D eigenvalue weighted by Crippen LogP contribution is -2.37. The summed E-state index contributed by atoms with van der Waals surface area (Å²) in [6.07, 6.45) is 0. The van der Waals surface area contributed by atoms with Crippen LogP contribution in [-0.2, 0) is 6.54 Å². The number of ether oxygens (including phenoxy) is 1. The molecule has 2 rings (SSSR count). The first-order chi connectivity index (χ1) is 9.90. The third-order valence-corrected chi connectivity index (χ3v) is 4.23. The second kappa shape index (κ2) is 8.85. The molecule has 0 amide bonds. The normalized spacial score (nSPS) is 15.8. The highest BCUT2D eigenvalue weighted by molar-refractivity contribution is 7.99. The number of hydrogen-bond acceptors (Lipinski definition) is 5. The number of thioether (sulfide) groups is 1. The monoisotopic (exact) mass is 291 g/mol. The molecule has 1 aliphatic rings. The van der Waals surface area contributed by atoms with Crippen molar-refractivity contribution in [3.63, 3.8) is 0 Å². The summed E-state index contributed by atoms with van der Waals surface area (Å²) in [4.78, 5) is 2.50. The SMILES string of the molecule is N#CCOc1ccccc1CNCCN1CCSCC1. The first-order valence-electron chi connectivity index (χ1n) is 6.98. The number of para-hydroxylation sites is 1. The molecule has 1 N–H and O–H groups in total. The summed E-state index contributed by atoms with van der Waals surface area (Å²) in [6, 6.07) is 9.88. The van der Waals surface area contributed by atoms with Gasteiger partial charge in [0.1, 0.15) is 11.8 Å². The smallest absolute Gasteiger partial charge is 0.174 e. The summed E-state index contributed by atoms with van der Waals surface area (Å²) in [6.45, 7) is 5.37. The second-order valence-corrected chi connectivity index (χ2v) is 5.91. The minimum atomic E-state index is 0.0997. The van der Waals surface area contributed by atoms with Gasteiger partial charge in [0.2, 0.25) is 0 Å². The van der Waals surface area contributed by atoms with Gasteiger partial charge in [-0.25, -0.2) is 0 Å². The third kappa shape index (κ3) is 5.04. The molecule has 20 heavy (non-hydrogen) atoms. The predicted octanol–water partition coefficient (Wildman–Crippen LogP) is 1.73. The van der Waals surface area contributed by atoms with Crippen LogP contribution in [0.3, 0.4) is 0 Å². The van der Waals surface area contributed by atoms with Gasteiger partial charge >= 0.3 is 0 Å². The minimum absolute atomic E-state index is 0.0997. The zero-order valence-corrected chi connectivity index (χ0v) is 12.5. The van der Waals surface area contributed by atoms with Gasteiger partial charge in [0, 0.05) is 49.8 Å². The van der Waals surface area contributed by atoms with Gasteiger partial charge < -0.3 is 15.0 Å². The van der Waals surface area contributed by atoms with Crippen LogP contribution in [0.15, 0.2) is 24.3 Å². The molecule has 0 bridgehead atoms. The lowest BCUT2D eigenvalue weighted by atomic mass is 10.2. The molecule has 5 heteroatoms. The molecule has 108 valence electrons. The van der Waals surface area contributed by atoms with E-state index in [1.807, 2.05) is 42.1 Å². The molecule has 0 radical (unpaired) electrons. The van der Waals surface area contributed by atoms with Crippen LogP contribution in [0, 0.1) is 11.3 Å². The summed E-state index contributed by atoms with van der Waals surface area (Å²) in [7, 11) is 0. The quantitative estimate of drug-likeness (QED) is 0.775. The van der Waals surface area contributed by atoms with Gasteiger partial charge in [-0.3, -0.25) is 0 Å². The van der Waals surface area contributed by atoms with Crippen LogP contribution in [0.4, 0.5) is 0 Å². The number of nitriles is 1. The Balaban J connectivity index is 1.71. The molecule has 0 saturated carbocycles. The predicted molar refractivity (Wildman–Crippen MR) is 83.0 cm³/mol. The van der Waals surface area contributed by atoms with Crippen molar-refractivity contribution in [2.24, 2.45) is 0 Å². The van der Waals surface area contributed by atoms with Crippen molar-refractivity contribution in [1.82, 2.24) is 10.2 Å². The fourth-order valence-electron chi connectivity index (χ4n) is 2.19. The molecule has 1 aromatic carbocycles. The van der Waals surface area contributed by atoms with Crippen molar-refractivity contribution in [2.75, 3.05) is 44.3 Å². The molecule has 1 aromatic rings. The zero-order chi connectivity index (χ0) is 14.0. The zero-order valence-electron chi connectivity index (χ0n) is 11.7. The van der Waals surface area contributed by atoms with E-state index in [2.05, 4.69) is 10.2 Å². The van der Waals surface area contributed by atoms with Gasteiger partial charge in [0.05, 0.1) is 0 Å². The summed E-state index contributed by atoms with van der Waals surface area (Å²) >= 11 is 2.04. The van der Waals surface area contributed by atoms with Gasteiger partial charge in [0.15, 0.2) is 6.61 Å². The maximum atomic E-state index is 8.58. The van der Waals surface area contributed by atoms with Gasteiger partial charge in [-0.05, 0) is 6.07 Å².